The fraction of sp³-hybridized carbons (Fsp3) is 0.533. The number of benzene rings is 1. The van der Waals surface area contributed by atoms with E-state index >= 15 is 0 Å². The number of hydrogen-bond donors (Lipinski definition) is 1. The van der Waals surface area contributed by atoms with Crippen molar-refractivity contribution >= 4 is 11.7 Å². The Kier molecular flexibility index (Phi) is 5.69. The monoisotopic (exact) mass is 248 g/mol. The quantitative estimate of drug-likeness (QED) is 0.845. The molecule has 0 radical (unpaired) electrons. The van der Waals surface area contributed by atoms with Crippen LogP contribution in [0.25, 0.3) is 0 Å². The number of amides is 2. The van der Waals surface area contributed by atoms with Crippen LogP contribution in [0.3, 0.4) is 0 Å². The van der Waals surface area contributed by atoms with Crippen LogP contribution >= 0.6 is 0 Å². The topological polar surface area (TPSA) is 32.3 Å². The molecule has 0 aliphatic carbocycles. The molecule has 0 saturated heterocycles. The molecule has 1 N–H and O–H groups in total. The van der Waals surface area contributed by atoms with Crippen LogP contribution in [0.4, 0.5) is 10.5 Å². The zero-order chi connectivity index (χ0) is 13.5. The maximum atomic E-state index is 11.9. The second-order valence-corrected chi connectivity index (χ2v) is 4.90. The van der Waals surface area contributed by atoms with E-state index in [9.17, 15) is 4.79 Å². The summed E-state index contributed by atoms with van der Waals surface area (Å²) >= 11 is 0. The van der Waals surface area contributed by atoms with Crippen molar-refractivity contribution in [3.05, 3.63) is 29.8 Å². The second-order valence-electron chi connectivity index (χ2n) is 4.90. The lowest BCUT2D eigenvalue weighted by Gasteiger charge is -2.19. The largest absolute Gasteiger partial charge is 0.325 e. The van der Waals surface area contributed by atoms with Gasteiger partial charge in [0.25, 0.3) is 0 Å². The number of carbonyl (C=O) groups is 1. The average Bonchev–Trinajstić information content (AvgIpc) is 2.30. The van der Waals surface area contributed by atoms with Crippen molar-refractivity contribution in [3.63, 3.8) is 0 Å². The third-order valence-electron chi connectivity index (χ3n) is 2.87. The number of hydrogen-bond acceptors (Lipinski definition) is 1. The van der Waals surface area contributed by atoms with E-state index in [2.05, 4.69) is 31.3 Å². The Bertz CT molecular complexity index is 384. The normalized spacial score (nSPS) is 10.5. The van der Waals surface area contributed by atoms with Crippen LogP contribution in [0, 0.1) is 5.92 Å². The van der Waals surface area contributed by atoms with Crippen molar-refractivity contribution in [2.45, 2.75) is 34.1 Å². The first kappa shape index (κ1) is 14.6. The summed E-state index contributed by atoms with van der Waals surface area (Å²) in [5, 5.41) is 2.94. The van der Waals surface area contributed by atoms with Gasteiger partial charge in [0.15, 0.2) is 0 Å². The van der Waals surface area contributed by atoms with Crippen molar-refractivity contribution in [1.82, 2.24) is 4.90 Å². The lowest BCUT2D eigenvalue weighted by atomic mass is 10.0. The van der Waals surface area contributed by atoms with E-state index in [0.29, 0.717) is 5.92 Å². The SMILES string of the molecule is CCN(CC)C(=O)Nc1cccc(CC(C)C)c1. The van der Waals surface area contributed by atoms with Gasteiger partial charge in [-0.05, 0) is 43.9 Å². The minimum Gasteiger partial charge on any atom is -0.325 e. The number of carbonyl (C=O) groups excluding carboxylic acids is 1. The van der Waals surface area contributed by atoms with Crippen molar-refractivity contribution in [2.75, 3.05) is 18.4 Å². The molecule has 0 aliphatic rings. The van der Waals surface area contributed by atoms with E-state index in [1.165, 1.54) is 5.56 Å². The molecule has 0 fully saturated rings. The highest BCUT2D eigenvalue weighted by Crippen LogP contribution is 2.14. The van der Waals surface area contributed by atoms with Gasteiger partial charge < -0.3 is 10.2 Å². The molecule has 0 unspecified atom stereocenters. The molecule has 0 atom stereocenters. The molecule has 1 aromatic carbocycles. The van der Waals surface area contributed by atoms with E-state index < -0.39 is 0 Å². The lowest BCUT2D eigenvalue weighted by Crippen LogP contribution is -2.34. The number of urea groups is 1. The molecule has 100 valence electrons. The molecular formula is C15H24N2O. The average molecular weight is 248 g/mol. The van der Waals surface area contributed by atoms with E-state index in [1.54, 1.807) is 4.90 Å². The summed E-state index contributed by atoms with van der Waals surface area (Å²) in [4.78, 5) is 13.7. The molecule has 0 aromatic heterocycles. The summed E-state index contributed by atoms with van der Waals surface area (Å²) in [7, 11) is 0. The van der Waals surface area contributed by atoms with Gasteiger partial charge in [-0.2, -0.15) is 0 Å². The van der Waals surface area contributed by atoms with Crippen LogP contribution in [0.1, 0.15) is 33.3 Å². The number of nitrogens with one attached hydrogen (secondary N) is 1. The Morgan fingerprint density at radius 3 is 2.50 bits per heavy atom. The maximum Gasteiger partial charge on any atom is 0.321 e. The molecule has 1 aromatic rings. The first-order valence-corrected chi connectivity index (χ1v) is 6.71. The Balaban J connectivity index is 2.69. The summed E-state index contributed by atoms with van der Waals surface area (Å²) in [6.45, 7) is 9.82. The molecular weight excluding hydrogens is 224 g/mol. The van der Waals surface area contributed by atoms with Gasteiger partial charge in [0.2, 0.25) is 0 Å². The third kappa shape index (κ3) is 4.40. The molecule has 0 heterocycles. The molecule has 1 rings (SSSR count). The molecule has 0 spiro atoms. The van der Waals surface area contributed by atoms with Gasteiger partial charge in [-0.25, -0.2) is 4.79 Å². The predicted octanol–water partition coefficient (Wildman–Crippen LogP) is 3.76. The first-order valence-electron chi connectivity index (χ1n) is 6.71. The van der Waals surface area contributed by atoms with Gasteiger partial charge in [0, 0.05) is 18.8 Å². The molecule has 2 amide bonds. The molecule has 0 bridgehead atoms. The Morgan fingerprint density at radius 2 is 1.94 bits per heavy atom. The van der Waals surface area contributed by atoms with Crippen molar-refractivity contribution in [3.8, 4) is 0 Å². The zero-order valence-electron chi connectivity index (χ0n) is 11.9. The van der Waals surface area contributed by atoms with Gasteiger partial charge in [0.05, 0.1) is 0 Å². The Morgan fingerprint density at radius 1 is 1.28 bits per heavy atom. The van der Waals surface area contributed by atoms with Gasteiger partial charge in [-0.3, -0.25) is 0 Å². The van der Waals surface area contributed by atoms with Gasteiger partial charge in [0.1, 0.15) is 0 Å². The standard InChI is InChI=1S/C15H24N2O/c1-5-17(6-2)15(18)16-14-9-7-8-13(11-14)10-12(3)4/h7-9,11-12H,5-6,10H2,1-4H3,(H,16,18). The van der Waals surface area contributed by atoms with E-state index in [4.69, 9.17) is 0 Å². The van der Waals surface area contributed by atoms with Crippen LogP contribution in [0.2, 0.25) is 0 Å². The highest BCUT2D eigenvalue weighted by molar-refractivity contribution is 5.89. The summed E-state index contributed by atoms with van der Waals surface area (Å²) in [6.07, 6.45) is 1.04. The van der Waals surface area contributed by atoms with Crippen LogP contribution < -0.4 is 5.32 Å². The summed E-state index contributed by atoms with van der Waals surface area (Å²) in [5.41, 5.74) is 2.15. The Hall–Kier alpha value is -1.51. The predicted molar refractivity (Wildman–Crippen MR) is 76.9 cm³/mol. The first-order chi connectivity index (χ1) is 8.56. The highest BCUT2D eigenvalue weighted by atomic mass is 16.2. The fourth-order valence-corrected chi connectivity index (χ4v) is 1.96. The third-order valence-corrected chi connectivity index (χ3v) is 2.87. The molecule has 3 nitrogen and oxygen atoms in total. The van der Waals surface area contributed by atoms with E-state index in [-0.39, 0.29) is 6.03 Å². The summed E-state index contributed by atoms with van der Waals surface area (Å²) in [6, 6.07) is 8.07. The molecule has 0 saturated carbocycles. The molecule has 18 heavy (non-hydrogen) atoms. The van der Waals surface area contributed by atoms with E-state index in [1.807, 2.05) is 26.0 Å². The smallest absolute Gasteiger partial charge is 0.321 e. The van der Waals surface area contributed by atoms with E-state index in [0.717, 1.165) is 25.2 Å². The van der Waals surface area contributed by atoms with Gasteiger partial charge in [-0.15, -0.1) is 0 Å². The van der Waals surface area contributed by atoms with Gasteiger partial charge in [-0.1, -0.05) is 26.0 Å². The highest BCUT2D eigenvalue weighted by Gasteiger charge is 2.09. The number of anilines is 1. The summed E-state index contributed by atoms with van der Waals surface area (Å²) < 4.78 is 0. The molecule has 0 aliphatic heterocycles. The van der Waals surface area contributed by atoms with Crippen LogP contribution in [-0.4, -0.2) is 24.0 Å². The Labute approximate surface area is 110 Å². The van der Waals surface area contributed by atoms with Crippen LogP contribution in [0.5, 0.6) is 0 Å². The second kappa shape index (κ2) is 7.04. The number of nitrogens with zero attached hydrogens (tertiary/aromatic N) is 1. The van der Waals surface area contributed by atoms with Crippen molar-refractivity contribution in [2.24, 2.45) is 5.92 Å². The lowest BCUT2D eigenvalue weighted by molar-refractivity contribution is 0.217. The number of rotatable bonds is 5. The zero-order valence-corrected chi connectivity index (χ0v) is 11.9. The van der Waals surface area contributed by atoms with Crippen molar-refractivity contribution < 1.29 is 4.79 Å². The minimum atomic E-state index is -0.0262. The molecule has 3 heteroatoms. The van der Waals surface area contributed by atoms with Gasteiger partial charge >= 0.3 is 6.03 Å². The van der Waals surface area contributed by atoms with Crippen LogP contribution in [-0.2, 0) is 6.42 Å². The summed E-state index contributed by atoms with van der Waals surface area (Å²) in [5.74, 6) is 0.624. The minimum absolute atomic E-state index is 0.0262. The van der Waals surface area contributed by atoms with Crippen molar-refractivity contribution in [1.29, 1.82) is 0 Å². The maximum absolute atomic E-state index is 11.9. The van der Waals surface area contributed by atoms with Crippen LogP contribution in [0.15, 0.2) is 24.3 Å². The fourth-order valence-electron chi connectivity index (χ4n) is 1.96.